The molecule has 7 heteroatoms. The zero-order chi connectivity index (χ0) is 16.0. The molecule has 1 amide bonds. The van der Waals surface area contributed by atoms with Gasteiger partial charge in [0.15, 0.2) is 5.69 Å². The number of rotatable bonds is 7. The minimum absolute atomic E-state index is 0.110. The lowest BCUT2D eigenvalue weighted by atomic mass is 10.2. The molecule has 0 aliphatic carbocycles. The maximum atomic E-state index is 12.2. The number of aromatic nitrogens is 3. The first kappa shape index (κ1) is 17.1. The molecule has 118 valence electrons. The van der Waals surface area contributed by atoms with Gasteiger partial charge in [0.1, 0.15) is 6.04 Å². The third-order valence-electron chi connectivity index (χ3n) is 3.25. The third-order valence-corrected chi connectivity index (χ3v) is 3.25. The van der Waals surface area contributed by atoms with Crippen LogP contribution in [0.3, 0.4) is 0 Å². The Bertz CT molecular complexity index is 498. The smallest absolute Gasteiger partial charge is 0.360 e. The van der Waals surface area contributed by atoms with Crippen LogP contribution in [-0.2, 0) is 9.53 Å². The van der Waals surface area contributed by atoms with Gasteiger partial charge in [-0.2, -0.15) is 0 Å². The molecule has 7 nitrogen and oxygen atoms in total. The van der Waals surface area contributed by atoms with Gasteiger partial charge in [-0.3, -0.25) is 4.79 Å². The van der Waals surface area contributed by atoms with Crippen molar-refractivity contribution in [3.05, 3.63) is 11.4 Å². The molecule has 0 saturated carbocycles. The first-order valence-electron chi connectivity index (χ1n) is 7.31. The average molecular weight is 296 g/mol. The number of nitrogens with one attached hydrogen (secondary N) is 1. The van der Waals surface area contributed by atoms with Crippen LogP contribution < -0.4 is 5.32 Å². The molecule has 0 fully saturated rings. The summed E-state index contributed by atoms with van der Waals surface area (Å²) >= 11 is 0. The van der Waals surface area contributed by atoms with Gasteiger partial charge >= 0.3 is 5.97 Å². The molecule has 1 rings (SSSR count). The number of carbonyl (C=O) groups is 2. The van der Waals surface area contributed by atoms with Crippen LogP contribution in [0.1, 0.15) is 62.8 Å². The Morgan fingerprint density at radius 3 is 2.57 bits per heavy atom. The number of esters is 1. The number of nitrogens with zero attached hydrogens (tertiary/aromatic N) is 3. The van der Waals surface area contributed by atoms with Crippen LogP contribution >= 0.6 is 0 Å². The van der Waals surface area contributed by atoms with Crippen LogP contribution in [-0.4, -0.2) is 39.5 Å². The van der Waals surface area contributed by atoms with E-state index in [2.05, 4.69) is 22.6 Å². The van der Waals surface area contributed by atoms with Crippen LogP contribution in [0.4, 0.5) is 0 Å². The summed E-state index contributed by atoms with van der Waals surface area (Å²) in [4.78, 5) is 23.9. The number of amides is 1. The summed E-state index contributed by atoms with van der Waals surface area (Å²) in [6.45, 7) is 9.46. The molecule has 0 aromatic carbocycles. The zero-order valence-electron chi connectivity index (χ0n) is 13.3. The largest absolute Gasteiger partial charge is 0.461 e. The SMILES string of the molecule is CCCC(C)NC(=O)C(C)n1nnc(C(=O)OCC)c1C. The molecule has 1 aromatic rings. The minimum Gasteiger partial charge on any atom is -0.461 e. The Morgan fingerprint density at radius 2 is 2.00 bits per heavy atom. The van der Waals surface area contributed by atoms with Gasteiger partial charge < -0.3 is 10.1 Å². The highest BCUT2D eigenvalue weighted by molar-refractivity contribution is 5.88. The van der Waals surface area contributed by atoms with Crippen LogP contribution in [0.15, 0.2) is 0 Å². The summed E-state index contributed by atoms with van der Waals surface area (Å²) in [6, 6.07) is -0.418. The Labute approximate surface area is 125 Å². The number of hydrogen-bond donors (Lipinski definition) is 1. The molecule has 2 atom stereocenters. The van der Waals surface area contributed by atoms with E-state index in [0.717, 1.165) is 12.8 Å². The van der Waals surface area contributed by atoms with Crippen molar-refractivity contribution in [1.82, 2.24) is 20.3 Å². The fourth-order valence-corrected chi connectivity index (χ4v) is 2.08. The first-order valence-corrected chi connectivity index (χ1v) is 7.31. The van der Waals surface area contributed by atoms with E-state index >= 15 is 0 Å². The van der Waals surface area contributed by atoms with Crippen molar-refractivity contribution in [2.24, 2.45) is 0 Å². The second kappa shape index (κ2) is 7.75. The molecule has 1 N–H and O–H groups in total. The predicted octanol–water partition coefficient (Wildman–Crippen LogP) is 1.63. The second-order valence-electron chi connectivity index (χ2n) is 5.06. The van der Waals surface area contributed by atoms with E-state index in [-0.39, 0.29) is 24.2 Å². The van der Waals surface area contributed by atoms with Gasteiger partial charge in [-0.25, -0.2) is 9.48 Å². The summed E-state index contributed by atoms with van der Waals surface area (Å²) < 4.78 is 6.35. The Morgan fingerprint density at radius 1 is 1.33 bits per heavy atom. The fraction of sp³-hybridized carbons (Fsp3) is 0.714. The van der Waals surface area contributed by atoms with E-state index in [1.165, 1.54) is 4.68 Å². The molecule has 1 aromatic heterocycles. The zero-order valence-corrected chi connectivity index (χ0v) is 13.3. The highest BCUT2D eigenvalue weighted by atomic mass is 16.5. The predicted molar refractivity (Wildman–Crippen MR) is 77.9 cm³/mol. The van der Waals surface area contributed by atoms with Gasteiger partial charge in [0, 0.05) is 6.04 Å². The van der Waals surface area contributed by atoms with Gasteiger partial charge in [-0.1, -0.05) is 18.6 Å². The maximum absolute atomic E-state index is 12.2. The lowest BCUT2D eigenvalue weighted by Crippen LogP contribution is -2.37. The van der Waals surface area contributed by atoms with Gasteiger partial charge in [0.25, 0.3) is 0 Å². The van der Waals surface area contributed by atoms with Crippen LogP contribution in [0.2, 0.25) is 0 Å². The number of ether oxygens (including phenoxy) is 1. The molecule has 0 bridgehead atoms. The van der Waals surface area contributed by atoms with E-state index < -0.39 is 12.0 Å². The van der Waals surface area contributed by atoms with Crippen LogP contribution in [0, 0.1) is 6.92 Å². The molecule has 0 aliphatic heterocycles. The van der Waals surface area contributed by atoms with Crippen LogP contribution in [0.25, 0.3) is 0 Å². The summed E-state index contributed by atoms with van der Waals surface area (Å²) in [5.74, 6) is -0.660. The monoisotopic (exact) mass is 296 g/mol. The van der Waals surface area contributed by atoms with E-state index in [9.17, 15) is 9.59 Å². The van der Waals surface area contributed by atoms with Gasteiger partial charge in [0.2, 0.25) is 5.91 Å². The Hall–Kier alpha value is -1.92. The second-order valence-corrected chi connectivity index (χ2v) is 5.06. The van der Waals surface area contributed by atoms with E-state index in [4.69, 9.17) is 4.74 Å². The first-order chi connectivity index (χ1) is 9.92. The lowest BCUT2D eigenvalue weighted by molar-refractivity contribution is -0.124. The van der Waals surface area contributed by atoms with Crippen molar-refractivity contribution in [2.45, 2.75) is 59.5 Å². The lowest BCUT2D eigenvalue weighted by Gasteiger charge is -2.17. The number of carbonyl (C=O) groups excluding carboxylic acids is 2. The molecule has 0 spiro atoms. The topological polar surface area (TPSA) is 86.1 Å². The highest BCUT2D eigenvalue weighted by Gasteiger charge is 2.24. The molecule has 0 radical (unpaired) electrons. The molecule has 1 heterocycles. The van der Waals surface area contributed by atoms with Crippen molar-refractivity contribution in [3.8, 4) is 0 Å². The fourth-order valence-electron chi connectivity index (χ4n) is 2.08. The minimum atomic E-state index is -0.528. The van der Waals surface area contributed by atoms with Gasteiger partial charge in [-0.05, 0) is 34.1 Å². The van der Waals surface area contributed by atoms with Gasteiger partial charge in [0.05, 0.1) is 12.3 Å². The van der Waals surface area contributed by atoms with Crippen molar-refractivity contribution in [3.63, 3.8) is 0 Å². The van der Waals surface area contributed by atoms with Crippen molar-refractivity contribution in [2.75, 3.05) is 6.61 Å². The molecule has 21 heavy (non-hydrogen) atoms. The number of hydrogen-bond acceptors (Lipinski definition) is 5. The summed E-state index contributed by atoms with van der Waals surface area (Å²) in [7, 11) is 0. The normalized spacial score (nSPS) is 13.6. The third kappa shape index (κ3) is 4.27. The quantitative estimate of drug-likeness (QED) is 0.773. The van der Waals surface area contributed by atoms with Crippen LogP contribution in [0.5, 0.6) is 0 Å². The highest BCUT2D eigenvalue weighted by Crippen LogP contribution is 2.13. The molecule has 0 saturated heterocycles. The molecular formula is C14H24N4O3. The standard InChI is InChI=1S/C14H24N4O3/c1-6-8-9(3)15-13(19)11(5)18-10(4)12(16-17-18)14(20)21-7-2/h9,11H,6-8H2,1-5H3,(H,15,19). The molecule has 2 unspecified atom stereocenters. The van der Waals surface area contributed by atoms with Crippen molar-refractivity contribution < 1.29 is 14.3 Å². The maximum Gasteiger partial charge on any atom is 0.360 e. The summed E-state index contributed by atoms with van der Waals surface area (Å²) in [5.41, 5.74) is 0.678. The molecular weight excluding hydrogens is 272 g/mol. The van der Waals surface area contributed by atoms with E-state index in [1.807, 2.05) is 6.92 Å². The Balaban J connectivity index is 2.81. The van der Waals surface area contributed by atoms with Crippen molar-refractivity contribution >= 4 is 11.9 Å². The summed E-state index contributed by atoms with van der Waals surface area (Å²) in [6.07, 6.45) is 1.92. The average Bonchev–Trinajstić information content (AvgIpc) is 2.80. The van der Waals surface area contributed by atoms with E-state index in [1.54, 1.807) is 20.8 Å². The molecule has 0 aliphatic rings. The Kier molecular flexibility index (Phi) is 6.33. The summed E-state index contributed by atoms with van der Waals surface area (Å²) in [5, 5.41) is 10.6. The van der Waals surface area contributed by atoms with Crippen molar-refractivity contribution in [1.29, 1.82) is 0 Å². The van der Waals surface area contributed by atoms with Gasteiger partial charge in [-0.15, -0.1) is 5.10 Å². The van der Waals surface area contributed by atoms with E-state index in [0.29, 0.717) is 5.69 Å².